The molecule has 0 bridgehead atoms. The Hall–Kier alpha value is -1.59. The number of carbonyl (C=O) groups is 3. The van der Waals surface area contributed by atoms with Gasteiger partial charge in [0.25, 0.3) is 0 Å². The van der Waals surface area contributed by atoms with Gasteiger partial charge in [-0.1, -0.05) is 227 Å². The van der Waals surface area contributed by atoms with Gasteiger partial charge in [0, 0.05) is 19.3 Å². The maximum absolute atomic E-state index is 12.7. The highest BCUT2D eigenvalue weighted by Crippen LogP contribution is 2.17. The predicted octanol–water partition coefficient (Wildman–Crippen LogP) is 15.1. The van der Waals surface area contributed by atoms with Gasteiger partial charge in [-0.3, -0.25) is 14.4 Å². The van der Waals surface area contributed by atoms with Crippen LogP contribution in [0.3, 0.4) is 0 Å². The predicted molar refractivity (Wildman–Crippen MR) is 229 cm³/mol. The van der Waals surface area contributed by atoms with Crippen LogP contribution in [0.1, 0.15) is 265 Å². The molecule has 54 heavy (non-hydrogen) atoms. The highest BCUT2D eigenvalue weighted by atomic mass is 16.6. The monoisotopic (exact) mass is 765 g/mol. The van der Waals surface area contributed by atoms with Crippen molar-refractivity contribution in [1.29, 1.82) is 0 Å². The molecule has 6 nitrogen and oxygen atoms in total. The second-order valence-corrected chi connectivity index (χ2v) is 16.6. The zero-order valence-electron chi connectivity index (χ0n) is 36.7. The molecular formula is C48H92O6. The Bertz CT molecular complexity index is 813. The first-order chi connectivity index (χ1) is 26.4. The number of carbonyl (C=O) groups excluding carboxylic acids is 3. The lowest BCUT2D eigenvalue weighted by Gasteiger charge is -2.18. The van der Waals surface area contributed by atoms with Crippen LogP contribution in [0.25, 0.3) is 0 Å². The van der Waals surface area contributed by atoms with Gasteiger partial charge in [0.1, 0.15) is 13.2 Å². The van der Waals surface area contributed by atoms with Crippen LogP contribution >= 0.6 is 0 Å². The van der Waals surface area contributed by atoms with E-state index >= 15 is 0 Å². The second-order valence-electron chi connectivity index (χ2n) is 16.6. The van der Waals surface area contributed by atoms with Gasteiger partial charge in [0.15, 0.2) is 6.10 Å². The van der Waals surface area contributed by atoms with Crippen LogP contribution in [0.5, 0.6) is 0 Å². The first kappa shape index (κ1) is 52.4. The molecule has 0 N–H and O–H groups in total. The molecule has 1 unspecified atom stereocenters. The highest BCUT2D eigenvalue weighted by Gasteiger charge is 2.19. The topological polar surface area (TPSA) is 78.9 Å². The Morgan fingerprint density at radius 1 is 0.370 bits per heavy atom. The third-order valence-corrected chi connectivity index (χ3v) is 11.2. The number of ether oxygens (including phenoxy) is 3. The summed E-state index contributed by atoms with van der Waals surface area (Å²) in [5, 5.41) is 0. The number of hydrogen-bond acceptors (Lipinski definition) is 6. The van der Waals surface area contributed by atoms with Crippen molar-refractivity contribution in [3.63, 3.8) is 0 Å². The molecule has 0 aliphatic carbocycles. The average Bonchev–Trinajstić information content (AvgIpc) is 3.17. The fourth-order valence-corrected chi connectivity index (χ4v) is 7.12. The van der Waals surface area contributed by atoms with E-state index < -0.39 is 6.10 Å². The Balaban J connectivity index is 4.29. The Labute approximate surface area is 336 Å². The molecule has 0 aliphatic rings. The van der Waals surface area contributed by atoms with E-state index in [0.29, 0.717) is 19.3 Å². The fourth-order valence-electron chi connectivity index (χ4n) is 7.12. The van der Waals surface area contributed by atoms with E-state index in [4.69, 9.17) is 14.2 Å². The van der Waals surface area contributed by atoms with Crippen molar-refractivity contribution in [1.82, 2.24) is 0 Å². The number of esters is 3. The maximum atomic E-state index is 12.7. The van der Waals surface area contributed by atoms with Gasteiger partial charge < -0.3 is 14.2 Å². The first-order valence-electron chi connectivity index (χ1n) is 23.9. The minimum atomic E-state index is -0.759. The molecule has 0 saturated heterocycles. The third-order valence-electron chi connectivity index (χ3n) is 11.2. The van der Waals surface area contributed by atoms with E-state index in [1.165, 1.54) is 161 Å². The molecule has 0 saturated carbocycles. The van der Waals surface area contributed by atoms with Gasteiger partial charge in [0.05, 0.1) is 0 Å². The van der Waals surface area contributed by atoms with Gasteiger partial charge >= 0.3 is 17.9 Å². The smallest absolute Gasteiger partial charge is 0.306 e. The summed E-state index contributed by atoms with van der Waals surface area (Å²) in [6.07, 6.45) is 42.2. The van der Waals surface area contributed by atoms with E-state index in [1.54, 1.807) is 0 Å². The van der Waals surface area contributed by atoms with Crippen LogP contribution in [0, 0.1) is 5.92 Å². The molecule has 0 heterocycles. The first-order valence-corrected chi connectivity index (χ1v) is 23.9. The molecule has 0 aliphatic heterocycles. The van der Waals surface area contributed by atoms with Gasteiger partial charge in [-0.2, -0.15) is 0 Å². The van der Waals surface area contributed by atoms with Crippen molar-refractivity contribution in [2.24, 2.45) is 5.92 Å². The van der Waals surface area contributed by atoms with E-state index in [9.17, 15) is 14.4 Å². The molecule has 0 rings (SSSR count). The van der Waals surface area contributed by atoms with Gasteiger partial charge in [-0.05, 0) is 25.2 Å². The van der Waals surface area contributed by atoms with E-state index in [2.05, 4.69) is 27.7 Å². The number of unbranched alkanes of at least 4 members (excludes halogenated alkanes) is 29. The summed E-state index contributed by atoms with van der Waals surface area (Å²) in [5.41, 5.74) is 0. The third kappa shape index (κ3) is 40.1. The van der Waals surface area contributed by atoms with Gasteiger partial charge in [-0.25, -0.2) is 0 Å². The van der Waals surface area contributed by atoms with Crippen LogP contribution in [-0.2, 0) is 28.6 Å². The van der Waals surface area contributed by atoms with Crippen molar-refractivity contribution in [3.05, 3.63) is 0 Å². The van der Waals surface area contributed by atoms with Crippen LogP contribution in [0.4, 0.5) is 0 Å². The summed E-state index contributed by atoms with van der Waals surface area (Å²) in [4.78, 5) is 37.7. The Kier molecular flexibility index (Phi) is 41.3. The van der Waals surface area contributed by atoms with Crippen molar-refractivity contribution in [3.8, 4) is 0 Å². The number of rotatable bonds is 43. The summed E-state index contributed by atoms with van der Waals surface area (Å²) in [6, 6.07) is 0. The molecule has 2 atom stereocenters. The van der Waals surface area contributed by atoms with E-state index in [1.807, 2.05) is 0 Å². The summed E-state index contributed by atoms with van der Waals surface area (Å²) in [5.74, 6) is -0.00946. The molecule has 0 radical (unpaired) electrons. The SMILES string of the molecule is CCCCCCCCCCCCCCCCCC(=O)OC[C@@H](COC(=O)CCCCCCCCCCC)OC(=O)CCCCCCCCCCC(C)CC. The average molecular weight is 765 g/mol. The van der Waals surface area contributed by atoms with Gasteiger partial charge in [-0.15, -0.1) is 0 Å². The molecule has 320 valence electrons. The largest absolute Gasteiger partial charge is 0.462 e. The molecule has 0 amide bonds. The molecule has 0 aromatic carbocycles. The normalized spacial score (nSPS) is 12.4. The zero-order chi connectivity index (χ0) is 39.6. The van der Waals surface area contributed by atoms with Crippen LogP contribution in [-0.4, -0.2) is 37.2 Å². The van der Waals surface area contributed by atoms with Crippen molar-refractivity contribution < 1.29 is 28.6 Å². The Morgan fingerprint density at radius 2 is 0.648 bits per heavy atom. The van der Waals surface area contributed by atoms with Crippen LogP contribution in [0.2, 0.25) is 0 Å². The molecular weight excluding hydrogens is 673 g/mol. The summed E-state index contributed by atoms with van der Waals surface area (Å²) in [6.45, 7) is 8.99. The lowest BCUT2D eigenvalue weighted by atomic mass is 9.99. The number of hydrogen-bond donors (Lipinski definition) is 0. The minimum Gasteiger partial charge on any atom is -0.462 e. The second kappa shape index (κ2) is 42.6. The van der Waals surface area contributed by atoms with Crippen molar-refractivity contribution in [2.75, 3.05) is 13.2 Å². The minimum absolute atomic E-state index is 0.0638. The Morgan fingerprint density at radius 3 is 0.963 bits per heavy atom. The van der Waals surface area contributed by atoms with E-state index in [-0.39, 0.29) is 31.1 Å². The lowest BCUT2D eigenvalue weighted by Crippen LogP contribution is -2.30. The fraction of sp³-hybridized carbons (Fsp3) is 0.938. The molecule has 0 aromatic rings. The van der Waals surface area contributed by atoms with Crippen LogP contribution in [0.15, 0.2) is 0 Å². The maximum Gasteiger partial charge on any atom is 0.306 e. The summed E-state index contributed by atoms with van der Waals surface area (Å²) < 4.78 is 16.7. The van der Waals surface area contributed by atoms with Gasteiger partial charge in [0.2, 0.25) is 0 Å². The standard InChI is InChI=1S/C48H92O6/c1-5-8-10-12-14-16-17-18-19-20-21-23-28-32-36-40-47(50)53-43-45(42-52-46(49)39-35-31-27-22-15-13-11-9-6-2)54-48(51)41-37-33-29-25-24-26-30-34-38-44(4)7-3/h44-45H,5-43H2,1-4H3/t44?,45-/m1/s1. The lowest BCUT2D eigenvalue weighted by molar-refractivity contribution is -0.167. The summed E-state index contributed by atoms with van der Waals surface area (Å²) in [7, 11) is 0. The summed E-state index contributed by atoms with van der Waals surface area (Å²) >= 11 is 0. The van der Waals surface area contributed by atoms with E-state index in [0.717, 1.165) is 63.7 Å². The van der Waals surface area contributed by atoms with Crippen molar-refractivity contribution >= 4 is 17.9 Å². The quantitative estimate of drug-likeness (QED) is 0.0349. The van der Waals surface area contributed by atoms with Crippen molar-refractivity contribution in [2.45, 2.75) is 271 Å². The highest BCUT2D eigenvalue weighted by molar-refractivity contribution is 5.71. The van der Waals surface area contributed by atoms with Crippen LogP contribution < -0.4 is 0 Å². The molecule has 6 heteroatoms. The molecule has 0 fully saturated rings. The molecule has 0 aromatic heterocycles. The zero-order valence-corrected chi connectivity index (χ0v) is 36.7. The molecule has 0 spiro atoms.